The molecule has 114 valence electrons. The zero-order chi connectivity index (χ0) is 14.8. The quantitative estimate of drug-likeness (QED) is 0.547. The van der Waals surface area contributed by atoms with Gasteiger partial charge in [-0.25, -0.2) is 0 Å². The lowest BCUT2D eigenvalue weighted by molar-refractivity contribution is -0.122. The van der Waals surface area contributed by atoms with Crippen LogP contribution in [-0.2, 0) is 16.1 Å². The van der Waals surface area contributed by atoms with E-state index in [-0.39, 0.29) is 24.4 Å². The summed E-state index contributed by atoms with van der Waals surface area (Å²) in [5, 5.41) is 22.0. The Labute approximate surface area is 121 Å². The van der Waals surface area contributed by atoms with E-state index in [9.17, 15) is 14.7 Å². The first-order chi connectivity index (χ1) is 10.1. The number of hydrogen-bond donors (Lipinski definition) is 4. The molecular formula is C13H19N5O3. The lowest BCUT2D eigenvalue weighted by Gasteiger charge is -2.09. The minimum absolute atomic E-state index is 0.0703. The van der Waals surface area contributed by atoms with E-state index < -0.39 is 6.10 Å². The monoisotopic (exact) mass is 293 g/mol. The van der Waals surface area contributed by atoms with Crippen molar-refractivity contribution in [3.8, 4) is 0 Å². The van der Waals surface area contributed by atoms with Crippen molar-refractivity contribution >= 4 is 17.5 Å². The lowest BCUT2D eigenvalue weighted by atomic mass is 10.2. The first kappa shape index (κ1) is 14.0. The fourth-order valence-electron chi connectivity index (χ4n) is 2.31. The molecule has 8 heteroatoms. The Morgan fingerprint density at radius 1 is 1.48 bits per heavy atom. The van der Waals surface area contributed by atoms with Gasteiger partial charge in [0.15, 0.2) is 0 Å². The molecule has 2 fully saturated rings. The first-order valence-electron chi connectivity index (χ1n) is 7.14. The number of aromatic nitrogens is 2. The van der Waals surface area contributed by atoms with Gasteiger partial charge in [0.2, 0.25) is 11.8 Å². The molecule has 2 heterocycles. The zero-order valence-electron chi connectivity index (χ0n) is 11.6. The molecule has 0 radical (unpaired) electrons. The van der Waals surface area contributed by atoms with Crippen molar-refractivity contribution in [3.05, 3.63) is 12.4 Å². The number of β-amino-alcohol motifs (C(OH)–C–C–N with tert-alkyl or cyclic N) is 1. The molecule has 1 saturated carbocycles. The van der Waals surface area contributed by atoms with Crippen molar-refractivity contribution in [1.82, 2.24) is 20.4 Å². The highest BCUT2D eigenvalue weighted by Crippen LogP contribution is 2.18. The van der Waals surface area contributed by atoms with Crippen LogP contribution in [0.15, 0.2) is 12.4 Å². The highest BCUT2D eigenvalue weighted by atomic mass is 16.3. The van der Waals surface area contributed by atoms with Crippen LogP contribution in [0.3, 0.4) is 0 Å². The van der Waals surface area contributed by atoms with Crippen molar-refractivity contribution in [2.24, 2.45) is 0 Å². The Morgan fingerprint density at radius 2 is 2.29 bits per heavy atom. The van der Waals surface area contributed by atoms with E-state index in [1.165, 1.54) is 10.9 Å². The predicted molar refractivity (Wildman–Crippen MR) is 74.4 cm³/mol. The molecule has 0 bridgehead atoms. The minimum atomic E-state index is -0.477. The summed E-state index contributed by atoms with van der Waals surface area (Å²) in [6.45, 7) is 0.575. The van der Waals surface area contributed by atoms with E-state index in [1.54, 1.807) is 6.20 Å². The van der Waals surface area contributed by atoms with Crippen LogP contribution < -0.4 is 16.0 Å². The standard InChI is InChI=1S/C13H19N5O3/c19-10-3-11(14-5-10)13(21)17-9-4-15-18(6-9)7-12(20)16-8-1-2-8/h4,6,8,10-11,14,19H,1-3,5,7H2,(H,16,20)(H,17,21). The van der Waals surface area contributed by atoms with E-state index in [1.807, 2.05) is 0 Å². The summed E-state index contributed by atoms with van der Waals surface area (Å²) >= 11 is 0. The molecule has 2 amide bonds. The third kappa shape index (κ3) is 3.79. The second-order valence-corrected chi connectivity index (χ2v) is 5.61. The van der Waals surface area contributed by atoms with Gasteiger partial charge in [-0.15, -0.1) is 0 Å². The maximum Gasteiger partial charge on any atom is 0.241 e. The SMILES string of the molecule is O=C(Cn1cc(NC(=O)C2CC(O)CN2)cn1)NC1CC1. The molecule has 21 heavy (non-hydrogen) atoms. The Kier molecular flexibility index (Phi) is 3.89. The molecule has 1 aromatic rings. The first-order valence-corrected chi connectivity index (χ1v) is 7.14. The van der Waals surface area contributed by atoms with E-state index >= 15 is 0 Å². The van der Waals surface area contributed by atoms with Crippen LogP contribution >= 0.6 is 0 Å². The second-order valence-electron chi connectivity index (χ2n) is 5.61. The highest BCUT2D eigenvalue weighted by Gasteiger charge is 2.28. The van der Waals surface area contributed by atoms with Gasteiger partial charge in [0.1, 0.15) is 6.54 Å². The Hall–Kier alpha value is -1.93. The molecule has 1 aliphatic heterocycles. The predicted octanol–water partition coefficient (Wildman–Crippen LogP) is -1.18. The summed E-state index contributed by atoms with van der Waals surface area (Å²) in [5.74, 6) is -0.271. The van der Waals surface area contributed by atoms with Gasteiger partial charge in [-0.2, -0.15) is 5.10 Å². The van der Waals surface area contributed by atoms with Crippen molar-refractivity contribution < 1.29 is 14.7 Å². The van der Waals surface area contributed by atoms with Crippen molar-refractivity contribution in [3.63, 3.8) is 0 Å². The fourth-order valence-corrected chi connectivity index (χ4v) is 2.31. The van der Waals surface area contributed by atoms with Gasteiger partial charge in [0, 0.05) is 18.8 Å². The smallest absolute Gasteiger partial charge is 0.241 e. The van der Waals surface area contributed by atoms with Crippen LogP contribution in [-0.4, -0.2) is 51.4 Å². The minimum Gasteiger partial charge on any atom is -0.392 e. The van der Waals surface area contributed by atoms with E-state index in [0.29, 0.717) is 24.7 Å². The largest absolute Gasteiger partial charge is 0.392 e. The number of nitrogens with one attached hydrogen (secondary N) is 3. The summed E-state index contributed by atoms with van der Waals surface area (Å²) in [6.07, 6.45) is 5.15. The van der Waals surface area contributed by atoms with Crippen LogP contribution in [0.2, 0.25) is 0 Å². The number of carbonyl (C=O) groups excluding carboxylic acids is 2. The van der Waals surface area contributed by atoms with Gasteiger partial charge in [-0.3, -0.25) is 14.3 Å². The molecule has 0 aromatic carbocycles. The third-order valence-electron chi connectivity index (χ3n) is 3.57. The van der Waals surface area contributed by atoms with Gasteiger partial charge in [-0.1, -0.05) is 0 Å². The number of nitrogens with zero attached hydrogens (tertiary/aromatic N) is 2. The van der Waals surface area contributed by atoms with Crippen LogP contribution in [0, 0.1) is 0 Å². The van der Waals surface area contributed by atoms with Gasteiger partial charge < -0.3 is 21.1 Å². The molecule has 3 rings (SSSR count). The summed E-state index contributed by atoms with van der Waals surface area (Å²) < 4.78 is 1.49. The summed E-state index contributed by atoms with van der Waals surface area (Å²) in [7, 11) is 0. The van der Waals surface area contributed by atoms with Gasteiger partial charge in [-0.05, 0) is 19.3 Å². The number of aliphatic hydroxyl groups is 1. The van der Waals surface area contributed by atoms with Crippen molar-refractivity contribution in [1.29, 1.82) is 0 Å². The summed E-state index contributed by atoms with van der Waals surface area (Å²) in [4.78, 5) is 23.6. The topological polar surface area (TPSA) is 108 Å². The molecule has 8 nitrogen and oxygen atoms in total. The molecule has 2 aliphatic rings. The average molecular weight is 293 g/mol. The van der Waals surface area contributed by atoms with Gasteiger partial charge >= 0.3 is 0 Å². The summed E-state index contributed by atoms with van der Waals surface area (Å²) in [5.41, 5.74) is 0.544. The van der Waals surface area contributed by atoms with Crippen LogP contribution in [0.5, 0.6) is 0 Å². The van der Waals surface area contributed by atoms with Crippen molar-refractivity contribution in [2.45, 2.75) is 44.0 Å². The highest BCUT2D eigenvalue weighted by molar-refractivity contribution is 5.94. The second kappa shape index (κ2) is 5.82. The average Bonchev–Trinajstić information content (AvgIpc) is 2.95. The number of carbonyl (C=O) groups is 2. The Balaban J connectivity index is 1.49. The number of aliphatic hydroxyl groups excluding tert-OH is 1. The number of anilines is 1. The molecule has 2 unspecified atom stereocenters. The molecule has 0 spiro atoms. The van der Waals surface area contributed by atoms with Crippen LogP contribution in [0.4, 0.5) is 5.69 Å². The van der Waals surface area contributed by atoms with E-state index in [2.05, 4.69) is 21.0 Å². The Morgan fingerprint density at radius 3 is 2.95 bits per heavy atom. The number of hydrogen-bond acceptors (Lipinski definition) is 5. The summed E-state index contributed by atoms with van der Waals surface area (Å²) in [6, 6.07) is -0.0615. The Bertz CT molecular complexity index is 540. The maximum absolute atomic E-state index is 11.9. The molecule has 1 saturated heterocycles. The van der Waals surface area contributed by atoms with Crippen molar-refractivity contribution in [2.75, 3.05) is 11.9 Å². The van der Waals surface area contributed by atoms with E-state index in [4.69, 9.17) is 0 Å². The normalized spacial score (nSPS) is 24.8. The van der Waals surface area contributed by atoms with Gasteiger partial charge in [0.25, 0.3) is 0 Å². The van der Waals surface area contributed by atoms with E-state index in [0.717, 1.165) is 12.8 Å². The third-order valence-corrected chi connectivity index (χ3v) is 3.57. The zero-order valence-corrected chi connectivity index (χ0v) is 11.6. The molecule has 1 aliphatic carbocycles. The maximum atomic E-state index is 11.9. The molecule has 2 atom stereocenters. The molecule has 4 N–H and O–H groups in total. The van der Waals surface area contributed by atoms with Crippen LogP contribution in [0.25, 0.3) is 0 Å². The number of rotatable bonds is 5. The number of amides is 2. The van der Waals surface area contributed by atoms with Crippen LogP contribution in [0.1, 0.15) is 19.3 Å². The fraction of sp³-hybridized carbons (Fsp3) is 0.615. The molecule has 1 aromatic heterocycles. The van der Waals surface area contributed by atoms with Gasteiger partial charge in [0.05, 0.1) is 24.0 Å². The molecular weight excluding hydrogens is 274 g/mol. The lowest BCUT2D eigenvalue weighted by Crippen LogP contribution is -2.35.